The third-order valence-corrected chi connectivity index (χ3v) is 4.99. The Bertz CT molecular complexity index is 709. The Morgan fingerprint density at radius 1 is 1.08 bits per heavy atom. The molecule has 0 N–H and O–H groups in total. The van der Waals surface area contributed by atoms with Gasteiger partial charge in [-0.1, -0.05) is 30.7 Å². The molecule has 1 saturated carbocycles. The van der Waals surface area contributed by atoms with E-state index in [0.29, 0.717) is 6.54 Å². The maximum absolute atomic E-state index is 12.2. The minimum absolute atomic E-state index is 0.171. The van der Waals surface area contributed by atoms with E-state index < -0.39 is 0 Å². The zero-order valence-electron chi connectivity index (χ0n) is 13.6. The van der Waals surface area contributed by atoms with Crippen molar-refractivity contribution in [2.75, 3.05) is 6.54 Å². The second-order valence-electron chi connectivity index (χ2n) is 6.76. The van der Waals surface area contributed by atoms with Gasteiger partial charge in [-0.15, -0.1) is 0 Å². The highest BCUT2D eigenvalue weighted by molar-refractivity contribution is 5.71. The Balaban J connectivity index is 1.45. The average Bonchev–Trinajstić information content (AvgIpc) is 2.91. The monoisotopic (exact) mass is 323 g/mol. The van der Waals surface area contributed by atoms with Crippen LogP contribution in [0.25, 0.3) is 11.3 Å². The molecule has 2 aliphatic rings. The van der Waals surface area contributed by atoms with Crippen molar-refractivity contribution < 1.29 is 9.53 Å². The molecule has 2 heterocycles. The quantitative estimate of drug-likeness (QED) is 0.862. The Morgan fingerprint density at radius 2 is 1.88 bits per heavy atom. The molecule has 4 rings (SSSR count). The van der Waals surface area contributed by atoms with Gasteiger partial charge in [0.25, 0.3) is 0 Å². The molecule has 0 unspecified atom stereocenters. The molecule has 1 spiro atoms. The van der Waals surface area contributed by atoms with E-state index in [0.717, 1.165) is 49.0 Å². The van der Waals surface area contributed by atoms with Gasteiger partial charge in [-0.25, -0.2) is 4.79 Å². The summed E-state index contributed by atoms with van der Waals surface area (Å²) < 4.78 is 5.74. The number of carbonyl (C=O) groups is 1. The molecular weight excluding hydrogens is 302 g/mol. The van der Waals surface area contributed by atoms with Crippen LogP contribution in [0.2, 0.25) is 0 Å². The van der Waals surface area contributed by atoms with Crippen LogP contribution in [0.3, 0.4) is 0 Å². The molecule has 24 heavy (non-hydrogen) atoms. The number of carbonyl (C=O) groups excluding carboxylic acids is 1. The van der Waals surface area contributed by atoms with Gasteiger partial charge in [0, 0.05) is 24.5 Å². The number of ether oxygens (including phenoxy) is 1. The van der Waals surface area contributed by atoms with Crippen LogP contribution in [-0.4, -0.2) is 33.1 Å². The minimum atomic E-state index is -0.227. The summed E-state index contributed by atoms with van der Waals surface area (Å²) >= 11 is 0. The summed E-state index contributed by atoms with van der Waals surface area (Å²) in [6.07, 6.45) is 10.5. The highest BCUT2D eigenvalue weighted by Crippen LogP contribution is 2.37. The van der Waals surface area contributed by atoms with Gasteiger partial charge >= 0.3 is 6.09 Å². The molecule has 2 fully saturated rings. The maximum Gasteiger partial charge on any atom is 0.410 e. The first-order chi connectivity index (χ1) is 11.7. The largest absolute Gasteiger partial charge is 0.441 e. The number of benzene rings is 1. The fourth-order valence-corrected chi connectivity index (χ4v) is 3.72. The minimum Gasteiger partial charge on any atom is -0.441 e. The Labute approximate surface area is 141 Å². The van der Waals surface area contributed by atoms with Gasteiger partial charge < -0.3 is 4.74 Å². The summed E-state index contributed by atoms with van der Waals surface area (Å²) in [6, 6.07) is 8.14. The lowest BCUT2D eigenvalue weighted by Gasteiger charge is -2.30. The predicted octanol–water partition coefficient (Wildman–Crippen LogP) is 3.80. The molecular formula is C19H21N3O2. The van der Waals surface area contributed by atoms with Crippen molar-refractivity contribution in [2.24, 2.45) is 0 Å². The van der Waals surface area contributed by atoms with Crippen molar-refractivity contribution >= 4 is 6.09 Å². The Hall–Kier alpha value is -2.43. The van der Waals surface area contributed by atoms with Crippen molar-refractivity contribution in [2.45, 2.75) is 44.2 Å². The van der Waals surface area contributed by atoms with Crippen LogP contribution < -0.4 is 0 Å². The lowest BCUT2D eigenvalue weighted by molar-refractivity contribution is 0.0260. The molecule has 1 aromatic carbocycles. The molecule has 0 atom stereocenters. The second-order valence-corrected chi connectivity index (χ2v) is 6.76. The van der Waals surface area contributed by atoms with E-state index in [1.54, 1.807) is 18.6 Å². The SMILES string of the molecule is O=C1OC2(CCCCC2)CN1Cc1ccc(-c2cnccn2)cc1. The smallest absolute Gasteiger partial charge is 0.410 e. The molecule has 0 radical (unpaired) electrons. The molecule has 5 nitrogen and oxygen atoms in total. The van der Waals surface area contributed by atoms with E-state index in [4.69, 9.17) is 4.74 Å². The third-order valence-electron chi connectivity index (χ3n) is 4.99. The molecule has 1 aromatic heterocycles. The van der Waals surface area contributed by atoms with E-state index in [9.17, 15) is 4.79 Å². The van der Waals surface area contributed by atoms with E-state index in [1.807, 2.05) is 29.2 Å². The number of amides is 1. The van der Waals surface area contributed by atoms with Crippen LogP contribution in [0.4, 0.5) is 4.79 Å². The van der Waals surface area contributed by atoms with Crippen molar-refractivity contribution in [1.29, 1.82) is 0 Å². The number of aromatic nitrogens is 2. The van der Waals surface area contributed by atoms with Crippen LogP contribution >= 0.6 is 0 Å². The summed E-state index contributed by atoms with van der Waals surface area (Å²) in [4.78, 5) is 22.5. The van der Waals surface area contributed by atoms with Crippen molar-refractivity contribution in [3.05, 3.63) is 48.4 Å². The van der Waals surface area contributed by atoms with Crippen LogP contribution in [0, 0.1) is 0 Å². The fraction of sp³-hybridized carbons (Fsp3) is 0.421. The summed E-state index contributed by atoms with van der Waals surface area (Å²) in [5.74, 6) is 0. The molecule has 1 saturated heterocycles. The number of nitrogens with zero attached hydrogens (tertiary/aromatic N) is 3. The molecule has 5 heteroatoms. The van der Waals surface area contributed by atoms with Crippen LogP contribution in [0.5, 0.6) is 0 Å². The van der Waals surface area contributed by atoms with Crippen molar-refractivity contribution in [3.63, 3.8) is 0 Å². The lowest BCUT2D eigenvalue weighted by atomic mass is 9.85. The molecule has 1 aliphatic heterocycles. The first kappa shape index (κ1) is 15.1. The number of hydrogen-bond donors (Lipinski definition) is 0. The second kappa shape index (κ2) is 6.23. The standard InChI is InChI=1S/C19H21N3O2/c23-18-22(14-19(24-18)8-2-1-3-9-19)13-15-4-6-16(7-5-15)17-12-20-10-11-21-17/h4-7,10-12H,1-3,8-9,13-14H2. The fourth-order valence-electron chi connectivity index (χ4n) is 3.72. The Kier molecular flexibility index (Phi) is 3.92. The van der Waals surface area contributed by atoms with E-state index in [2.05, 4.69) is 9.97 Å². The Morgan fingerprint density at radius 3 is 2.58 bits per heavy atom. The van der Waals surface area contributed by atoms with Gasteiger partial charge in [0.2, 0.25) is 0 Å². The summed E-state index contributed by atoms with van der Waals surface area (Å²) in [5, 5.41) is 0. The number of rotatable bonds is 3. The van der Waals surface area contributed by atoms with Gasteiger partial charge in [-0.3, -0.25) is 14.9 Å². The molecule has 1 aliphatic carbocycles. The van der Waals surface area contributed by atoms with Gasteiger partial charge in [0.15, 0.2) is 0 Å². The van der Waals surface area contributed by atoms with Gasteiger partial charge in [0.1, 0.15) is 5.60 Å². The molecule has 2 aromatic rings. The average molecular weight is 323 g/mol. The van der Waals surface area contributed by atoms with E-state index >= 15 is 0 Å². The van der Waals surface area contributed by atoms with Crippen LogP contribution in [-0.2, 0) is 11.3 Å². The zero-order valence-corrected chi connectivity index (χ0v) is 13.6. The molecule has 1 amide bonds. The maximum atomic E-state index is 12.2. The third kappa shape index (κ3) is 2.98. The van der Waals surface area contributed by atoms with Crippen molar-refractivity contribution in [3.8, 4) is 11.3 Å². The highest BCUT2D eigenvalue weighted by atomic mass is 16.6. The van der Waals surface area contributed by atoms with Crippen LogP contribution in [0.1, 0.15) is 37.7 Å². The summed E-state index contributed by atoms with van der Waals surface area (Å²) in [5.41, 5.74) is 2.76. The predicted molar refractivity (Wildman–Crippen MR) is 90.2 cm³/mol. The van der Waals surface area contributed by atoms with E-state index in [-0.39, 0.29) is 11.7 Å². The first-order valence-electron chi connectivity index (χ1n) is 8.57. The van der Waals surface area contributed by atoms with Crippen molar-refractivity contribution in [1.82, 2.24) is 14.9 Å². The number of hydrogen-bond acceptors (Lipinski definition) is 4. The molecule has 0 bridgehead atoms. The van der Waals surface area contributed by atoms with Crippen LogP contribution in [0.15, 0.2) is 42.9 Å². The lowest BCUT2D eigenvalue weighted by Crippen LogP contribution is -2.36. The van der Waals surface area contributed by atoms with Gasteiger partial charge in [-0.05, 0) is 31.2 Å². The first-order valence-corrected chi connectivity index (χ1v) is 8.57. The summed E-state index contributed by atoms with van der Waals surface area (Å²) in [6.45, 7) is 1.32. The van der Waals surface area contributed by atoms with E-state index in [1.165, 1.54) is 6.42 Å². The molecule has 124 valence electrons. The topological polar surface area (TPSA) is 55.3 Å². The summed E-state index contributed by atoms with van der Waals surface area (Å²) in [7, 11) is 0. The zero-order chi connectivity index (χ0) is 16.4. The normalized spacial score (nSPS) is 19.5. The van der Waals surface area contributed by atoms with Gasteiger partial charge in [0.05, 0.1) is 18.4 Å². The highest BCUT2D eigenvalue weighted by Gasteiger charge is 2.45. The van der Waals surface area contributed by atoms with Gasteiger partial charge in [-0.2, -0.15) is 0 Å².